The SMILES string of the molecule is CC[C@H](NC(=O)c1cccc(C)c1O)C(=O)O. The smallest absolute Gasteiger partial charge is 0.326 e. The van der Waals surface area contributed by atoms with E-state index in [1.54, 1.807) is 26.0 Å². The van der Waals surface area contributed by atoms with Crippen molar-refractivity contribution in [2.24, 2.45) is 0 Å². The maximum absolute atomic E-state index is 11.8. The Morgan fingerprint density at radius 1 is 1.41 bits per heavy atom. The number of para-hydroxylation sites is 1. The fourth-order valence-corrected chi connectivity index (χ4v) is 1.42. The highest BCUT2D eigenvalue weighted by Gasteiger charge is 2.20. The van der Waals surface area contributed by atoms with E-state index in [4.69, 9.17) is 5.11 Å². The van der Waals surface area contributed by atoms with Gasteiger partial charge in [0, 0.05) is 0 Å². The molecule has 1 rings (SSSR count). The number of carboxylic acids is 1. The second kappa shape index (κ2) is 5.34. The number of amides is 1. The number of hydrogen-bond acceptors (Lipinski definition) is 3. The van der Waals surface area contributed by atoms with Gasteiger partial charge < -0.3 is 15.5 Å². The first-order chi connectivity index (χ1) is 7.97. The molecule has 92 valence electrons. The van der Waals surface area contributed by atoms with Gasteiger partial charge in [-0.25, -0.2) is 4.79 Å². The Kier molecular flexibility index (Phi) is 4.09. The van der Waals surface area contributed by atoms with Crippen LogP contribution in [-0.2, 0) is 4.79 Å². The van der Waals surface area contributed by atoms with Crippen LogP contribution in [0.15, 0.2) is 18.2 Å². The van der Waals surface area contributed by atoms with Gasteiger partial charge in [0.25, 0.3) is 5.91 Å². The van der Waals surface area contributed by atoms with Crippen molar-refractivity contribution >= 4 is 11.9 Å². The molecule has 0 radical (unpaired) electrons. The Morgan fingerprint density at radius 2 is 2.06 bits per heavy atom. The van der Waals surface area contributed by atoms with Gasteiger partial charge in [-0.1, -0.05) is 19.1 Å². The number of hydrogen-bond donors (Lipinski definition) is 3. The molecule has 1 aromatic carbocycles. The average molecular weight is 237 g/mol. The minimum absolute atomic E-state index is 0.0877. The lowest BCUT2D eigenvalue weighted by atomic mass is 10.1. The summed E-state index contributed by atoms with van der Waals surface area (Å²) >= 11 is 0. The first-order valence-electron chi connectivity index (χ1n) is 5.29. The number of carbonyl (C=O) groups excluding carboxylic acids is 1. The molecule has 0 aliphatic rings. The number of benzene rings is 1. The Bertz CT molecular complexity index is 442. The zero-order chi connectivity index (χ0) is 13.0. The largest absolute Gasteiger partial charge is 0.507 e. The fraction of sp³-hybridized carbons (Fsp3) is 0.333. The highest BCUT2D eigenvalue weighted by molar-refractivity contribution is 5.99. The molecule has 0 aliphatic carbocycles. The molecular weight excluding hydrogens is 222 g/mol. The third-order valence-corrected chi connectivity index (χ3v) is 2.49. The van der Waals surface area contributed by atoms with Gasteiger partial charge in [-0.15, -0.1) is 0 Å². The second-order valence-corrected chi connectivity index (χ2v) is 3.74. The number of aryl methyl sites for hydroxylation is 1. The average Bonchev–Trinajstić information content (AvgIpc) is 2.28. The first kappa shape index (κ1) is 13.0. The summed E-state index contributed by atoms with van der Waals surface area (Å²) in [5.74, 6) is -1.79. The molecule has 0 spiro atoms. The lowest BCUT2D eigenvalue weighted by Crippen LogP contribution is -2.40. The molecule has 5 heteroatoms. The standard InChI is InChI=1S/C12H15NO4/c1-3-9(12(16)17)13-11(15)8-6-4-5-7(2)10(8)14/h4-6,9,14H,3H2,1-2H3,(H,13,15)(H,16,17)/t9-/m0/s1. The monoisotopic (exact) mass is 237 g/mol. The number of phenolic OH excluding ortho intramolecular Hbond substituents is 1. The van der Waals surface area contributed by atoms with Crippen molar-refractivity contribution in [2.75, 3.05) is 0 Å². The van der Waals surface area contributed by atoms with E-state index < -0.39 is 17.9 Å². The molecule has 17 heavy (non-hydrogen) atoms. The molecule has 0 unspecified atom stereocenters. The predicted octanol–water partition coefficient (Wildman–Crippen LogP) is 1.29. The van der Waals surface area contributed by atoms with Gasteiger partial charge in [0.15, 0.2) is 0 Å². The molecule has 5 nitrogen and oxygen atoms in total. The summed E-state index contributed by atoms with van der Waals surface area (Å²) in [6.45, 7) is 3.33. The molecule has 0 bridgehead atoms. The Balaban J connectivity index is 2.90. The maximum atomic E-state index is 11.8. The van der Waals surface area contributed by atoms with E-state index in [-0.39, 0.29) is 17.7 Å². The summed E-state index contributed by atoms with van der Waals surface area (Å²) in [7, 11) is 0. The minimum Gasteiger partial charge on any atom is -0.507 e. The van der Waals surface area contributed by atoms with Crippen LogP contribution in [0.2, 0.25) is 0 Å². The molecule has 0 aliphatic heterocycles. The molecule has 0 saturated carbocycles. The van der Waals surface area contributed by atoms with Crippen LogP contribution < -0.4 is 5.32 Å². The van der Waals surface area contributed by atoms with Crippen molar-refractivity contribution in [1.29, 1.82) is 0 Å². The summed E-state index contributed by atoms with van der Waals surface area (Å²) in [5.41, 5.74) is 0.658. The number of carbonyl (C=O) groups is 2. The maximum Gasteiger partial charge on any atom is 0.326 e. The highest BCUT2D eigenvalue weighted by atomic mass is 16.4. The summed E-state index contributed by atoms with van der Waals surface area (Å²) in [5, 5.41) is 20.9. The van der Waals surface area contributed by atoms with Crippen LogP contribution in [0.3, 0.4) is 0 Å². The molecule has 0 fully saturated rings. The molecule has 0 aromatic heterocycles. The molecule has 0 heterocycles. The van der Waals surface area contributed by atoms with E-state index in [0.717, 1.165) is 0 Å². The highest BCUT2D eigenvalue weighted by Crippen LogP contribution is 2.21. The van der Waals surface area contributed by atoms with Gasteiger partial charge in [-0.05, 0) is 25.0 Å². The third kappa shape index (κ3) is 2.96. The molecule has 3 N–H and O–H groups in total. The lowest BCUT2D eigenvalue weighted by Gasteiger charge is -2.13. The van der Waals surface area contributed by atoms with Crippen molar-refractivity contribution < 1.29 is 19.8 Å². The topological polar surface area (TPSA) is 86.6 Å². The van der Waals surface area contributed by atoms with Crippen LogP contribution >= 0.6 is 0 Å². The second-order valence-electron chi connectivity index (χ2n) is 3.74. The molecular formula is C12H15NO4. The fourth-order valence-electron chi connectivity index (χ4n) is 1.42. The zero-order valence-electron chi connectivity index (χ0n) is 9.73. The molecule has 1 atom stereocenters. The van der Waals surface area contributed by atoms with Crippen LogP contribution in [0.5, 0.6) is 5.75 Å². The number of aliphatic carboxylic acids is 1. The van der Waals surface area contributed by atoms with E-state index >= 15 is 0 Å². The van der Waals surface area contributed by atoms with Crippen molar-refractivity contribution in [3.05, 3.63) is 29.3 Å². The van der Waals surface area contributed by atoms with E-state index in [0.29, 0.717) is 5.56 Å². The van der Waals surface area contributed by atoms with Gasteiger partial charge in [0.1, 0.15) is 11.8 Å². The predicted molar refractivity (Wildman–Crippen MR) is 62.0 cm³/mol. The van der Waals surface area contributed by atoms with E-state index in [2.05, 4.69) is 5.32 Å². The van der Waals surface area contributed by atoms with Crippen molar-refractivity contribution in [1.82, 2.24) is 5.32 Å². The van der Waals surface area contributed by atoms with E-state index in [1.807, 2.05) is 0 Å². The van der Waals surface area contributed by atoms with Gasteiger partial charge in [-0.3, -0.25) is 4.79 Å². The molecule has 1 aromatic rings. The van der Waals surface area contributed by atoms with Crippen LogP contribution in [0.25, 0.3) is 0 Å². The number of phenols is 1. The van der Waals surface area contributed by atoms with Crippen molar-refractivity contribution in [2.45, 2.75) is 26.3 Å². The minimum atomic E-state index is -1.09. The normalized spacial score (nSPS) is 11.9. The van der Waals surface area contributed by atoms with E-state index in [9.17, 15) is 14.7 Å². The van der Waals surface area contributed by atoms with Gasteiger partial charge >= 0.3 is 5.97 Å². The van der Waals surface area contributed by atoms with E-state index in [1.165, 1.54) is 6.07 Å². The number of nitrogens with one attached hydrogen (secondary N) is 1. The summed E-state index contributed by atoms with van der Waals surface area (Å²) < 4.78 is 0. The summed E-state index contributed by atoms with van der Waals surface area (Å²) in [4.78, 5) is 22.5. The van der Waals surface area contributed by atoms with Crippen LogP contribution in [-0.4, -0.2) is 28.1 Å². The van der Waals surface area contributed by atoms with Gasteiger partial charge in [0.05, 0.1) is 5.56 Å². The Labute approximate surface area is 99.1 Å². The van der Waals surface area contributed by atoms with Crippen molar-refractivity contribution in [3.63, 3.8) is 0 Å². The summed E-state index contributed by atoms with van der Waals surface area (Å²) in [6, 6.07) is 3.81. The van der Waals surface area contributed by atoms with Crippen molar-refractivity contribution in [3.8, 4) is 5.75 Å². The molecule has 1 amide bonds. The third-order valence-electron chi connectivity index (χ3n) is 2.49. The summed E-state index contributed by atoms with van der Waals surface area (Å²) in [6.07, 6.45) is 0.285. The van der Waals surface area contributed by atoms with Crippen LogP contribution in [0, 0.1) is 6.92 Å². The number of aromatic hydroxyl groups is 1. The molecule has 0 saturated heterocycles. The Hall–Kier alpha value is -2.04. The van der Waals surface area contributed by atoms with Crippen LogP contribution in [0.4, 0.5) is 0 Å². The Morgan fingerprint density at radius 3 is 2.59 bits per heavy atom. The quantitative estimate of drug-likeness (QED) is 0.736. The van der Waals surface area contributed by atoms with Gasteiger partial charge in [0.2, 0.25) is 0 Å². The number of rotatable bonds is 4. The zero-order valence-corrected chi connectivity index (χ0v) is 9.73. The van der Waals surface area contributed by atoms with Crippen LogP contribution in [0.1, 0.15) is 29.3 Å². The first-order valence-corrected chi connectivity index (χ1v) is 5.29. The van der Waals surface area contributed by atoms with Gasteiger partial charge in [-0.2, -0.15) is 0 Å². The number of carboxylic acid groups (broad SMARTS) is 1. The lowest BCUT2D eigenvalue weighted by molar-refractivity contribution is -0.139.